The van der Waals surface area contributed by atoms with E-state index in [1.54, 1.807) is 0 Å². The SMILES string of the molecule is CCCCC/C=C\C/C=C\CCCCCCCC(=O)OCC(COC(=O)OCCCN(CC)CC)COC(=O)C(=O)CCCCC(CCCCCC)CCCCCC. The topological polar surface area (TPSA) is 108 Å². The number of carbonyl (C=O) groups excluding carboxylic acids is 4. The van der Waals surface area contributed by atoms with E-state index in [4.69, 9.17) is 18.9 Å². The number of ether oxygens (including phenoxy) is 4. The number of hydrogen-bond acceptors (Lipinski definition) is 9. The van der Waals surface area contributed by atoms with Gasteiger partial charge in [-0.15, -0.1) is 0 Å². The smallest absolute Gasteiger partial charge is 0.465 e. The third-order valence-corrected chi connectivity index (χ3v) is 10.9. The summed E-state index contributed by atoms with van der Waals surface area (Å²) in [5, 5.41) is 0. The molecule has 0 aliphatic carbocycles. The van der Waals surface area contributed by atoms with Crippen molar-refractivity contribution >= 4 is 23.9 Å². The van der Waals surface area contributed by atoms with E-state index in [2.05, 4.69) is 63.8 Å². The zero-order valence-electron chi connectivity index (χ0n) is 38.2. The molecule has 0 radical (unpaired) electrons. The lowest BCUT2D eigenvalue weighted by Crippen LogP contribution is -2.29. The van der Waals surface area contributed by atoms with Crippen LogP contribution in [0.25, 0.3) is 0 Å². The lowest BCUT2D eigenvalue weighted by molar-refractivity contribution is -0.157. The zero-order chi connectivity index (χ0) is 42.7. The molecule has 0 rings (SSSR count). The van der Waals surface area contributed by atoms with Crippen LogP contribution in [0.2, 0.25) is 0 Å². The van der Waals surface area contributed by atoms with Gasteiger partial charge >= 0.3 is 18.1 Å². The second-order valence-electron chi connectivity index (χ2n) is 16.2. The summed E-state index contributed by atoms with van der Waals surface area (Å²) in [4.78, 5) is 52.5. The number of allylic oxidation sites excluding steroid dienone is 4. The van der Waals surface area contributed by atoms with Crippen molar-refractivity contribution in [3.05, 3.63) is 24.3 Å². The maximum absolute atomic E-state index is 12.7. The van der Waals surface area contributed by atoms with Crippen molar-refractivity contribution in [3.63, 3.8) is 0 Å². The highest BCUT2D eigenvalue weighted by molar-refractivity contribution is 6.33. The molecule has 0 aromatic heterocycles. The van der Waals surface area contributed by atoms with Gasteiger partial charge in [0.1, 0.15) is 19.8 Å². The fraction of sp³-hybridized carbons (Fsp3) is 0.837. The highest BCUT2D eigenvalue weighted by Gasteiger charge is 2.21. The molecule has 0 N–H and O–H groups in total. The predicted octanol–water partition coefficient (Wildman–Crippen LogP) is 13.1. The highest BCUT2D eigenvalue weighted by atomic mass is 16.7. The average Bonchev–Trinajstić information content (AvgIpc) is 3.23. The molecular weight excluding hydrogens is 731 g/mol. The Morgan fingerprint density at radius 1 is 0.483 bits per heavy atom. The van der Waals surface area contributed by atoms with Crippen LogP contribution < -0.4 is 0 Å². The number of carbonyl (C=O) groups is 4. The summed E-state index contributed by atoms with van der Waals surface area (Å²) in [5.41, 5.74) is 0. The van der Waals surface area contributed by atoms with Gasteiger partial charge in [0, 0.05) is 19.4 Å². The molecule has 0 aromatic rings. The summed E-state index contributed by atoms with van der Waals surface area (Å²) in [5.74, 6) is -1.71. The lowest BCUT2D eigenvalue weighted by atomic mass is 9.89. The van der Waals surface area contributed by atoms with Crippen LogP contribution in [0.3, 0.4) is 0 Å². The number of Topliss-reactive ketones (excluding diaryl/α,β-unsaturated/α-hetero) is 1. The van der Waals surface area contributed by atoms with Crippen molar-refractivity contribution in [2.75, 3.05) is 46.1 Å². The first-order valence-corrected chi connectivity index (χ1v) is 24.0. The fourth-order valence-corrected chi connectivity index (χ4v) is 6.97. The molecule has 1 unspecified atom stereocenters. The lowest BCUT2D eigenvalue weighted by Gasteiger charge is -2.18. The zero-order valence-corrected chi connectivity index (χ0v) is 38.2. The molecular formula is C49H89NO8. The van der Waals surface area contributed by atoms with Crippen molar-refractivity contribution < 1.29 is 38.1 Å². The number of rotatable bonds is 42. The monoisotopic (exact) mass is 820 g/mol. The Labute approximate surface area is 356 Å². The van der Waals surface area contributed by atoms with E-state index in [0.717, 1.165) is 77.4 Å². The molecule has 338 valence electrons. The number of ketones is 1. The Morgan fingerprint density at radius 2 is 0.983 bits per heavy atom. The van der Waals surface area contributed by atoms with Crippen LogP contribution in [0.1, 0.15) is 208 Å². The van der Waals surface area contributed by atoms with Crippen molar-refractivity contribution in [2.24, 2.45) is 11.8 Å². The molecule has 0 saturated heterocycles. The Kier molecular flexibility index (Phi) is 40.5. The standard InChI is InChI=1S/C49H89NO8/c1-6-11-14-17-18-19-20-21-22-23-24-25-26-27-30-38-47(52)56-41-45(43-58-49(54)55-40-33-39-50(9-4)10-5)42-57-48(53)46(51)37-32-31-36-44(34-28-15-12-7-2)35-29-16-13-8-3/h18-19,21-22,44-45H,6-17,20,23-43H2,1-5H3/b19-18-,22-21-. The minimum Gasteiger partial charge on any atom is -0.465 e. The van der Waals surface area contributed by atoms with Crippen molar-refractivity contribution in [3.8, 4) is 0 Å². The van der Waals surface area contributed by atoms with E-state index in [-0.39, 0.29) is 38.8 Å². The van der Waals surface area contributed by atoms with Gasteiger partial charge in [-0.3, -0.25) is 9.59 Å². The molecule has 0 aliphatic rings. The maximum atomic E-state index is 12.7. The molecule has 58 heavy (non-hydrogen) atoms. The third kappa shape index (κ3) is 36.4. The van der Waals surface area contributed by atoms with E-state index in [9.17, 15) is 19.2 Å². The van der Waals surface area contributed by atoms with Crippen LogP contribution in [0, 0.1) is 11.8 Å². The van der Waals surface area contributed by atoms with Crippen LogP contribution in [0.15, 0.2) is 24.3 Å². The van der Waals surface area contributed by atoms with Gasteiger partial charge in [0.15, 0.2) is 0 Å². The minimum absolute atomic E-state index is 0.0896. The van der Waals surface area contributed by atoms with E-state index in [1.165, 1.54) is 89.9 Å². The van der Waals surface area contributed by atoms with E-state index in [1.807, 2.05) is 0 Å². The molecule has 0 spiro atoms. The highest BCUT2D eigenvalue weighted by Crippen LogP contribution is 2.24. The normalized spacial score (nSPS) is 12.2. The third-order valence-electron chi connectivity index (χ3n) is 10.9. The van der Waals surface area contributed by atoms with E-state index >= 15 is 0 Å². The molecule has 0 amide bonds. The molecule has 9 nitrogen and oxygen atoms in total. The van der Waals surface area contributed by atoms with Crippen LogP contribution in [0.5, 0.6) is 0 Å². The molecule has 1 atom stereocenters. The molecule has 0 saturated carbocycles. The van der Waals surface area contributed by atoms with Gasteiger partial charge in [-0.05, 0) is 70.4 Å². The Hall–Kier alpha value is -2.68. The molecule has 0 bridgehead atoms. The first kappa shape index (κ1) is 55.3. The van der Waals surface area contributed by atoms with Gasteiger partial charge in [0.05, 0.1) is 12.5 Å². The Balaban J connectivity index is 4.72. The van der Waals surface area contributed by atoms with E-state index < -0.39 is 23.8 Å². The largest absolute Gasteiger partial charge is 0.508 e. The van der Waals surface area contributed by atoms with Crippen LogP contribution in [-0.2, 0) is 33.3 Å². The molecule has 0 fully saturated rings. The van der Waals surface area contributed by atoms with Gasteiger partial charge in [-0.1, -0.05) is 168 Å². The predicted molar refractivity (Wildman–Crippen MR) is 239 cm³/mol. The van der Waals surface area contributed by atoms with Crippen molar-refractivity contribution in [1.82, 2.24) is 4.90 Å². The number of esters is 2. The van der Waals surface area contributed by atoms with Gasteiger partial charge in [0.25, 0.3) is 0 Å². The average molecular weight is 820 g/mol. The van der Waals surface area contributed by atoms with Gasteiger partial charge < -0.3 is 23.8 Å². The minimum atomic E-state index is -0.892. The van der Waals surface area contributed by atoms with E-state index in [0.29, 0.717) is 25.2 Å². The van der Waals surface area contributed by atoms with Gasteiger partial charge in [-0.25, -0.2) is 9.59 Å². The molecule has 0 aromatic carbocycles. The van der Waals surface area contributed by atoms with Crippen LogP contribution >= 0.6 is 0 Å². The first-order valence-electron chi connectivity index (χ1n) is 24.0. The number of unbranched alkanes of at least 4 members (excludes halogenated alkanes) is 15. The quantitative estimate of drug-likeness (QED) is 0.0195. The van der Waals surface area contributed by atoms with Crippen LogP contribution in [-0.4, -0.2) is 74.8 Å². The summed E-state index contributed by atoms with van der Waals surface area (Å²) in [7, 11) is 0. The number of hydrogen-bond donors (Lipinski definition) is 0. The molecule has 9 heteroatoms. The van der Waals surface area contributed by atoms with Crippen LogP contribution in [0.4, 0.5) is 4.79 Å². The summed E-state index contributed by atoms with van der Waals surface area (Å²) in [6.45, 7) is 13.3. The summed E-state index contributed by atoms with van der Waals surface area (Å²) >= 11 is 0. The van der Waals surface area contributed by atoms with Crippen molar-refractivity contribution in [2.45, 2.75) is 208 Å². The van der Waals surface area contributed by atoms with Gasteiger partial charge in [-0.2, -0.15) is 0 Å². The Morgan fingerprint density at radius 3 is 1.60 bits per heavy atom. The second-order valence-corrected chi connectivity index (χ2v) is 16.2. The second kappa shape index (κ2) is 42.4. The Bertz CT molecular complexity index is 1030. The first-order chi connectivity index (χ1) is 28.3. The number of nitrogens with zero attached hydrogens (tertiary/aromatic N) is 1. The summed E-state index contributed by atoms with van der Waals surface area (Å²) in [6, 6.07) is 0. The van der Waals surface area contributed by atoms with Gasteiger partial charge in [0.2, 0.25) is 5.78 Å². The fourth-order valence-electron chi connectivity index (χ4n) is 6.97. The summed E-state index contributed by atoms with van der Waals surface area (Å²) in [6.07, 6.45) is 36.8. The van der Waals surface area contributed by atoms with Crippen molar-refractivity contribution in [1.29, 1.82) is 0 Å². The molecule has 0 aliphatic heterocycles. The maximum Gasteiger partial charge on any atom is 0.508 e. The molecule has 0 heterocycles. The summed E-state index contributed by atoms with van der Waals surface area (Å²) < 4.78 is 21.4.